The highest BCUT2D eigenvalue weighted by Gasteiger charge is 2.10. The van der Waals surface area contributed by atoms with Gasteiger partial charge in [-0.1, -0.05) is 20.8 Å². The molecule has 0 unspecified atom stereocenters. The standard InChI is InChI=1S/C8H17NO2/c1-8(2,3)6-9-7(11)4-5-10/h10H,4-6H2,1-3H3,(H,9,11). The molecule has 0 aliphatic rings. The number of rotatable bonds is 3. The summed E-state index contributed by atoms with van der Waals surface area (Å²) < 4.78 is 0. The normalized spacial score (nSPS) is 11.3. The summed E-state index contributed by atoms with van der Waals surface area (Å²) in [6.07, 6.45) is 0.204. The Morgan fingerprint density at radius 1 is 1.45 bits per heavy atom. The van der Waals surface area contributed by atoms with Crippen LogP contribution in [-0.2, 0) is 4.79 Å². The molecule has 1 amide bonds. The lowest BCUT2D eigenvalue weighted by Crippen LogP contribution is -2.32. The Bertz CT molecular complexity index is 127. The van der Waals surface area contributed by atoms with Gasteiger partial charge in [0.15, 0.2) is 0 Å². The van der Waals surface area contributed by atoms with Gasteiger partial charge in [-0.2, -0.15) is 0 Å². The van der Waals surface area contributed by atoms with E-state index in [9.17, 15) is 4.79 Å². The molecule has 0 spiro atoms. The number of hydrogen-bond donors (Lipinski definition) is 2. The van der Waals surface area contributed by atoms with Crippen LogP contribution in [0.3, 0.4) is 0 Å². The van der Waals surface area contributed by atoms with Crippen LogP contribution in [0.1, 0.15) is 27.2 Å². The van der Waals surface area contributed by atoms with Crippen LogP contribution in [0.5, 0.6) is 0 Å². The van der Waals surface area contributed by atoms with Gasteiger partial charge < -0.3 is 10.4 Å². The maximum Gasteiger partial charge on any atom is 0.222 e. The Balaban J connectivity index is 3.46. The molecule has 3 nitrogen and oxygen atoms in total. The van der Waals surface area contributed by atoms with Gasteiger partial charge in [-0.05, 0) is 5.41 Å². The molecule has 0 aromatic carbocycles. The zero-order valence-electron chi connectivity index (χ0n) is 7.48. The second-order valence-electron chi connectivity index (χ2n) is 3.81. The van der Waals surface area contributed by atoms with Gasteiger partial charge in [0.25, 0.3) is 0 Å². The lowest BCUT2D eigenvalue weighted by molar-refractivity contribution is -0.122. The van der Waals surface area contributed by atoms with E-state index < -0.39 is 0 Å². The van der Waals surface area contributed by atoms with Crippen molar-refractivity contribution in [1.82, 2.24) is 5.32 Å². The van der Waals surface area contributed by atoms with Gasteiger partial charge >= 0.3 is 0 Å². The molecule has 66 valence electrons. The first-order valence-corrected chi connectivity index (χ1v) is 3.83. The number of carbonyl (C=O) groups is 1. The van der Waals surface area contributed by atoms with Crippen molar-refractivity contribution in [2.75, 3.05) is 13.2 Å². The van der Waals surface area contributed by atoms with E-state index in [0.29, 0.717) is 6.54 Å². The van der Waals surface area contributed by atoms with Crippen LogP contribution in [0, 0.1) is 5.41 Å². The summed E-state index contributed by atoms with van der Waals surface area (Å²) in [6.45, 7) is 6.73. The molecule has 0 fully saturated rings. The number of hydrogen-bond acceptors (Lipinski definition) is 2. The first-order valence-electron chi connectivity index (χ1n) is 3.83. The molecular formula is C8H17NO2. The zero-order chi connectivity index (χ0) is 8.91. The molecule has 0 heterocycles. The molecule has 2 N–H and O–H groups in total. The molecule has 0 radical (unpaired) electrons. The van der Waals surface area contributed by atoms with Crippen LogP contribution in [0.4, 0.5) is 0 Å². The first kappa shape index (κ1) is 10.4. The fraction of sp³-hybridized carbons (Fsp3) is 0.875. The smallest absolute Gasteiger partial charge is 0.222 e. The molecular weight excluding hydrogens is 142 g/mol. The van der Waals surface area contributed by atoms with Crippen LogP contribution < -0.4 is 5.32 Å². The number of nitrogens with one attached hydrogen (secondary N) is 1. The van der Waals surface area contributed by atoms with E-state index in [2.05, 4.69) is 5.32 Å². The van der Waals surface area contributed by atoms with Crippen LogP contribution in [0.25, 0.3) is 0 Å². The summed E-state index contributed by atoms with van der Waals surface area (Å²) in [5.41, 5.74) is 0.116. The Morgan fingerprint density at radius 2 is 2.00 bits per heavy atom. The summed E-state index contributed by atoms with van der Waals surface area (Å²) >= 11 is 0. The number of aliphatic hydroxyl groups is 1. The predicted molar refractivity (Wildman–Crippen MR) is 44.2 cm³/mol. The van der Waals surface area contributed by atoms with E-state index in [1.807, 2.05) is 20.8 Å². The molecule has 0 aromatic rings. The fourth-order valence-electron chi connectivity index (χ4n) is 0.554. The third-order valence-electron chi connectivity index (χ3n) is 1.15. The first-order chi connectivity index (χ1) is 4.95. The molecule has 0 rings (SSSR count). The molecule has 0 saturated heterocycles. The molecule has 0 aromatic heterocycles. The number of carbonyl (C=O) groups excluding carboxylic acids is 1. The highest BCUT2D eigenvalue weighted by Crippen LogP contribution is 2.09. The summed E-state index contributed by atoms with van der Waals surface area (Å²) in [7, 11) is 0. The van der Waals surface area contributed by atoms with Gasteiger partial charge in [-0.3, -0.25) is 4.79 Å². The van der Waals surface area contributed by atoms with Gasteiger partial charge in [-0.15, -0.1) is 0 Å². The van der Waals surface area contributed by atoms with Crippen molar-refractivity contribution in [3.8, 4) is 0 Å². The quantitative estimate of drug-likeness (QED) is 0.631. The summed E-state index contributed by atoms with van der Waals surface area (Å²) in [5.74, 6) is -0.0811. The maximum atomic E-state index is 10.8. The van der Waals surface area contributed by atoms with Crippen molar-refractivity contribution in [2.24, 2.45) is 5.41 Å². The van der Waals surface area contributed by atoms with E-state index in [1.54, 1.807) is 0 Å². The number of amides is 1. The molecule has 0 bridgehead atoms. The van der Waals surface area contributed by atoms with Gasteiger partial charge in [0.05, 0.1) is 6.61 Å². The largest absolute Gasteiger partial charge is 0.396 e. The summed E-state index contributed by atoms with van der Waals surface area (Å²) in [6, 6.07) is 0. The van der Waals surface area contributed by atoms with Crippen LogP contribution in [0.2, 0.25) is 0 Å². The molecule has 0 atom stereocenters. The lowest BCUT2D eigenvalue weighted by Gasteiger charge is -2.18. The van der Waals surface area contributed by atoms with E-state index >= 15 is 0 Å². The van der Waals surface area contributed by atoms with Gasteiger partial charge in [0, 0.05) is 13.0 Å². The molecule has 0 aliphatic heterocycles. The Hall–Kier alpha value is -0.570. The third-order valence-corrected chi connectivity index (χ3v) is 1.15. The minimum atomic E-state index is -0.0811. The highest BCUT2D eigenvalue weighted by atomic mass is 16.3. The van der Waals surface area contributed by atoms with Crippen molar-refractivity contribution in [3.05, 3.63) is 0 Å². The zero-order valence-corrected chi connectivity index (χ0v) is 7.48. The molecule has 3 heteroatoms. The van der Waals surface area contributed by atoms with Crippen molar-refractivity contribution >= 4 is 5.91 Å². The average molecular weight is 159 g/mol. The van der Waals surface area contributed by atoms with Crippen LogP contribution in [-0.4, -0.2) is 24.2 Å². The van der Waals surface area contributed by atoms with Crippen LogP contribution in [0.15, 0.2) is 0 Å². The van der Waals surface area contributed by atoms with Crippen molar-refractivity contribution < 1.29 is 9.90 Å². The SMILES string of the molecule is CC(C)(C)CNC(=O)CCO. The minimum Gasteiger partial charge on any atom is -0.396 e. The lowest BCUT2D eigenvalue weighted by atomic mass is 9.97. The van der Waals surface area contributed by atoms with E-state index in [4.69, 9.17) is 5.11 Å². The third kappa shape index (κ3) is 7.33. The van der Waals surface area contributed by atoms with Crippen molar-refractivity contribution in [3.63, 3.8) is 0 Å². The Labute approximate surface area is 67.8 Å². The summed E-state index contributed by atoms with van der Waals surface area (Å²) in [5, 5.41) is 11.1. The van der Waals surface area contributed by atoms with Gasteiger partial charge in [0.2, 0.25) is 5.91 Å². The van der Waals surface area contributed by atoms with E-state index in [1.165, 1.54) is 0 Å². The fourth-order valence-corrected chi connectivity index (χ4v) is 0.554. The van der Waals surface area contributed by atoms with Gasteiger partial charge in [0.1, 0.15) is 0 Å². The Morgan fingerprint density at radius 3 is 2.36 bits per heavy atom. The number of aliphatic hydroxyl groups excluding tert-OH is 1. The minimum absolute atomic E-state index is 0.0734. The van der Waals surface area contributed by atoms with Crippen molar-refractivity contribution in [1.29, 1.82) is 0 Å². The monoisotopic (exact) mass is 159 g/mol. The summed E-state index contributed by atoms with van der Waals surface area (Å²) in [4.78, 5) is 10.8. The maximum absolute atomic E-state index is 10.8. The molecule has 0 aliphatic carbocycles. The van der Waals surface area contributed by atoms with Gasteiger partial charge in [-0.25, -0.2) is 0 Å². The molecule has 0 saturated carbocycles. The highest BCUT2D eigenvalue weighted by molar-refractivity contribution is 5.75. The topological polar surface area (TPSA) is 49.3 Å². The average Bonchev–Trinajstić information content (AvgIpc) is 1.83. The second kappa shape index (κ2) is 4.34. The predicted octanol–water partition coefficient (Wildman–Crippen LogP) is 0.531. The van der Waals surface area contributed by atoms with E-state index in [-0.39, 0.29) is 24.3 Å². The Kier molecular flexibility index (Phi) is 4.11. The molecule has 11 heavy (non-hydrogen) atoms. The van der Waals surface area contributed by atoms with Crippen molar-refractivity contribution in [2.45, 2.75) is 27.2 Å². The van der Waals surface area contributed by atoms with E-state index in [0.717, 1.165) is 0 Å². The van der Waals surface area contributed by atoms with Crippen LogP contribution >= 0.6 is 0 Å². The second-order valence-corrected chi connectivity index (χ2v) is 3.81.